The normalized spacial score (nSPS) is 11.7. The predicted molar refractivity (Wildman–Crippen MR) is 96.7 cm³/mol. The van der Waals surface area contributed by atoms with E-state index < -0.39 is 6.04 Å². The number of nitrogens with one attached hydrogen (secondary N) is 3. The second kappa shape index (κ2) is 10.5. The minimum atomic E-state index is -0.633. The van der Waals surface area contributed by atoms with Crippen LogP contribution in [-0.2, 0) is 16.1 Å². The molecule has 0 radical (unpaired) electrons. The van der Waals surface area contributed by atoms with E-state index in [4.69, 9.17) is 5.73 Å². The lowest BCUT2D eigenvalue weighted by Gasteiger charge is -2.15. The molecule has 138 valence electrons. The molecule has 0 fully saturated rings. The minimum Gasteiger partial charge on any atom is -0.352 e. The molecule has 1 aromatic carbocycles. The Balaban J connectivity index is 2.46. The quantitative estimate of drug-likeness (QED) is 0.522. The molecule has 1 aromatic rings. The Morgan fingerprint density at radius 2 is 1.84 bits per heavy atom. The van der Waals surface area contributed by atoms with Crippen LogP contribution in [0.4, 0.5) is 0 Å². The molecule has 1 rings (SSSR count). The maximum atomic E-state index is 11.9. The van der Waals surface area contributed by atoms with Gasteiger partial charge in [-0.1, -0.05) is 32.9 Å². The summed E-state index contributed by atoms with van der Waals surface area (Å²) in [4.78, 5) is 35.5. The number of amides is 3. The van der Waals surface area contributed by atoms with E-state index >= 15 is 0 Å². The Labute approximate surface area is 148 Å². The molecule has 7 nitrogen and oxygen atoms in total. The first kappa shape index (κ1) is 20.6. The number of hydrogen-bond acceptors (Lipinski definition) is 4. The summed E-state index contributed by atoms with van der Waals surface area (Å²) in [6.07, 6.45) is 0.869. The van der Waals surface area contributed by atoms with Crippen molar-refractivity contribution >= 4 is 17.7 Å². The molecule has 0 bridgehead atoms. The van der Waals surface area contributed by atoms with Crippen LogP contribution in [0, 0.1) is 5.92 Å². The first-order valence-corrected chi connectivity index (χ1v) is 8.52. The van der Waals surface area contributed by atoms with Gasteiger partial charge in [0, 0.05) is 18.7 Å². The lowest BCUT2D eigenvalue weighted by atomic mass is 10.1. The number of benzene rings is 1. The van der Waals surface area contributed by atoms with Crippen LogP contribution in [0.5, 0.6) is 0 Å². The van der Waals surface area contributed by atoms with E-state index in [9.17, 15) is 14.4 Å². The summed E-state index contributed by atoms with van der Waals surface area (Å²) in [6, 6.07) is 6.42. The number of carbonyl (C=O) groups is 3. The van der Waals surface area contributed by atoms with Crippen molar-refractivity contribution in [2.24, 2.45) is 11.7 Å². The molecular weight excluding hydrogens is 320 g/mol. The largest absolute Gasteiger partial charge is 0.352 e. The summed E-state index contributed by atoms with van der Waals surface area (Å²) in [7, 11) is 0. The van der Waals surface area contributed by atoms with Crippen LogP contribution in [0.3, 0.4) is 0 Å². The number of nitrogens with two attached hydrogens (primary N) is 1. The van der Waals surface area contributed by atoms with Gasteiger partial charge >= 0.3 is 0 Å². The van der Waals surface area contributed by atoms with Gasteiger partial charge in [0.25, 0.3) is 5.91 Å². The maximum Gasteiger partial charge on any atom is 0.251 e. The van der Waals surface area contributed by atoms with Gasteiger partial charge in [-0.25, -0.2) is 0 Å². The molecule has 3 amide bonds. The van der Waals surface area contributed by atoms with E-state index in [1.54, 1.807) is 18.2 Å². The third-order valence-corrected chi connectivity index (χ3v) is 3.66. The SMILES string of the molecule is CCCNC(=O)c1cccc(CNC(=O)CNC(=O)[C@@H](N)C(C)C)c1. The number of rotatable bonds is 9. The molecule has 25 heavy (non-hydrogen) atoms. The molecular formula is C18H28N4O3. The highest BCUT2D eigenvalue weighted by molar-refractivity contribution is 5.94. The Kier molecular flexibility index (Phi) is 8.63. The zero-order valence-corrected chi connectivity index (χ0v) is 15.1. The first-order chi connectivity index (χ1) is 11.8. The van der Waals surface area contributed by atoms with Crippen molar-refractivity contribution < 1.29 is 14.4 Å². The van der Waals surface area contributed by atoms with E-state index in [1.807, 2.05) is 26.8 Å². The third-order valence-electron chi connectivity index (χ3n) is 3.66. The summed E-state index contributed by atoms with van der Waals surface area (Å²) < 4.78 is 0. The van der Waals surface area contributed by atoms with E-state index in [2.05, 4.69) is 16.0 Å². The molecule has 0 heterocycles. The van der Waals surface area contributed by atoms with E-state index in [0.29, 0.717) is 12.1 Å². The van der Waals surface area contributed by atoms with E-state index in [-0.39, 0.29) is 36.7 Å². The van der Waals surface area contributed by atoms with Crippen LogP contribution in [0.15, 0.2) is 24.3 Å². The molecule has 7 heteroatoms. The van der Waals surface area contributed by atoms with Gasteiger partial charge in [-0.15, -0.1) is 0 Å². The van der Waals surface area contributed by atoms with Crippen LogP contribution in [0.25, 0.3) is 0 Å². The van der Waals surface area contributed by atoms with Gasteiger partial charge in [0.05, 0.1) is 12.6 Å². The average molecular weight is 348 g/mol. The van der Waals surface area contributed by atoms with Crippen LogP contribution in [0.2, 0.25) is 0 Å². The third kappa shape index (κ3) is 7.34. The highest BCUT2D eigenvalue weighted by Crippen LogP contribution is 2.05. The smallest absolute Gasteiger partial charge is 0.251 e. The van der Waals surface area contributed by atoms with Crippen LogP contribution >= 0.6 is 0 Å². The molecule has 0 aliphatic rings. The van der Waals surface area contributed by atoms with Crippen molar-refractivity contribution in [3.8, 4) is 0 Å². The Bertz CT molecular complexity index is 602. The van der Waals surface area contributed by atoms with Gasteiger partial charge in [0.15, 0.2) is 0 Å². The fourth-order valence-electron chi connectivity index (χ4n) is 2.01. The molecule has 0 aliphatic heterocycles. The van der Waals surface area contributed by atoms with Gasteiger partial charge in [0.1, 0.15) is 0 Å². The van der Waals surface area contributed by atoms with Gasteiger partial charge in [-0.05, 0) is 30.0 Å². The van der Waals surface area contributed by atoms with Gasteiger partial charge in [-0.3, -0.25) is 14.4 Å². The second-order valence-corrected chi connectivity index (χ2v) is 6.22. The molecule has 0 spiro atoms. The minimum absolute atomic E-state index is 0.00431. The summed E-state index contributed by atoms with van der Waals surface area (Å²) in [5.74, 6) is -0.792. The topological polar surface area (TPSA) is 113 Å². The highest BCUT2D eigenvalue weighted by atomic mass is 16.2. The standard InChI is InChI=1S/C18H28N4O3/c1-4-8-20-17(24)14-7-5-6-13(9-14)10-21-15(23)11-22-18(25)16(19)12(2)3/h5-7,9,12,16H,4,8,10-11,19H2,1-3H3,(H,20,24)(H,21,23)(H,22,25)/t16-/m0/s1. The Morgan fingerprint density at radius 3 is 2.48 bits per heavy atom. The first-order valence-electron chi connectivity index (χ1n) is 8.52. The Morgan fingerprint density at radius 1 is 1.12 bits per heavy atom. The van der Waals surface area contributed by atoms with Crippen LogP contribution < -0.4 is 21.7 Å². The molecule has 1 atom stereocenters. The number of carbonyl (C=O) groups excluding carboxylic acids is 3. The van der Waals surface area contributed by atoms with Crippen LogP contribution in [-0.4, -0.2) is 36.9 Å². The predicted octanol–water partition coefficient (Wildman–Crippen LogP) is 0.542. The van der Waals surface area contributed by atoms with E-state index in [0.717, 1.165) is 12.0 Å². The summed E-state index contributed by atoms with van der Waals surface area (Å²) in [5, 5.41) is 8.03. The van der Waals surface area contributed by atoms with Crippen molar-refractivity contribution in [3.63, 3.8) is 0 Å². The van der Waals surface area contributed by atoms with Crippen molar-refractivity contribution in [2.75, 3.05) is 13.1 Å². The fraction of sp³-hybridized carbons (Fsp3) is 0.500. The van der Waals surface area contributed by atoms with Crippen LogP contribution in [0.1, 0.15) is 43.1 Å². The molecule has 0 unspecified atom stereocenters. The van der Waals surface area contributed by atoms with Gasteiger partial charge < -0.3 is 21.7 Å². The van der Waals surface area contributed by atoms with Crippen molar-refractivity contribution in [1.82, 2.24) is 16.0 Å². The molecule has 0 aliphatic carbocycles. The summed E-state index contributed by atoms with van der Waals surface area (Å²) >= 11 is 0. The zero-order chi connectivity index (χ0) is 18.8. The molecule has 5 N–H and O–H groups in total. The highest BCUT2D eigenvalue weighted by Gasteiger charge is 2.17. The maximum absolute atomic E-state index is 11.9. The van der Waals surface area contributed by atoms with Gasteiger partial charge in [0.2, 0.25) is 11.8 Å². The van der Waals surface area contributed by atoms with Gasteiger partial charge in [-0.2, -0.15) is 0 Å². The lowest BCUT2D eigenvalue weighted by molar-refractivity contribution is -0.127. The summed E-state index contributed by atoms with van der Waals surface area (Å²) in [6.45, 7) is 6.44. The zero-order valence-electron chi connectivity index (χ0n) is 15.1. The monoisotopic (exact) mass is 348 g/mol. The van der Waals surface area contributed by atoms with Crippen molar-refractivity contribution in [3.05, 3.63) is 35.4 Å². The Hall–Kier alpha value is -2.41. The molecule has 0 aromatic heterocycles. The summed E-state index contributed by atoms with van der Waals surface area (Å²) in [5.41, 5.74) is 7.07. The number of hydrogen-bond donors (Lipinski definition) is 4. The fourth-order valence-corrected chi connectivity index (χ4v) is 2.01. The molecule has 0 saturated heterocycles. The molecule has 0 saturated carbocycles. The average Bonchev–Trinajstić information content (AvgIpc) is 2.61. The van der Waals surface area contributed by atoms with E-state index in [1.165, 1.54) is 0 Å². The van der Waals surface area contributed by atoms with Crippen molar-refractivity contribution in [1.29, 1.82) is 0 Å². The van der Waals surface area contributed by atoms with Crippen molar-refractivity contribution in [2.45, 2.75) is 39.8 Å². The lowest BCUT2D eigenvalue weighted by Crippen LogP contribution is -2.47. The second-order valence-electron chi connectivity index (χ2n) is 6.22.